The van der Waals surface area contributed by atoms with E-state index in [-0.39, 0.29) is 60.3 Å². The van der Waals surface area contributed by atoms with E-state index in [1.165, 1.54) is 18.7 Å². The van der Waals surface area contributed by atoms with Crippen LogP contribution in [0.1, 0.15) is 13.8 Å². The van der Waals surface area contributed by atoms with Gasteiger partial charge in [-0.05, 0) is 0 Å². The predicted octanol–water partition coefficient (Wildman–Crippen LogP) is -3.99. The Kier molecular flexibility index (Phi) is 11.1. The van der Waals surface area contributed by atoms with Crippen LogP contribution in [0.3, 0.4) is 0 Å². The van der Waals surface area contributed by atoms with Crippen LogP contribution in [0.4, 0.5) is 0 Å². The van der Waals surface area contributed by atoms with Gasteiger partial charge in [-0.15, -0.1) is 0 Å². The molecule has 0 heterocycles. The van der Waals surface area contributed by atoms with E-state index in [2.05, 4.69) is 0 Å². The summed E-state index contributed by atoms with van der Waals surface area (Å²) in [5, 5.41) is 8.93. The number of amides is 1. The Morgan fingerprint density at radius 2 is 1.52 bits per heavy atom. The van der Waals surface area contributed by atoms with Crippen molar-refractivity contribution in [3.8, 4) is 0 Å². The summed E-state index contributed by atoms with van der Waals surface area (Å²) in [6, 6.07) is 0. The number of aliphatic hydroxyl groups is 1. The maximum absolute atomic E-state index is 12.5. The number of carbonyl (C=O) groups is 3. The zero-order valence-electron chi connectivity index (χ0n) is 14.2. The Morgan fingerprint density at radius 3 is 1.91 bits per heavy atom. The van der Waals surface area contributed by atoms with Crippen LogP contribution < -0.4 is 21.5 Å². The number of rotatable bonds is 11. The molecule has 0 aromatic rings. The number of esters is 2. The molecule has 0 spiro atoms. The van der Waals surface area contributed by atoms with Gasteiger partial charge in [0.05, 0.1) is 0 Å². The standard InChI is InChI=1S/C14H27IN2O6/c1-12(19)22-9-6-16(7-10-23-13(2)20)14(21)11-17(3,4)15-5-8-18/h18H,5-11H2,1-4H3. The normalized spacial score (nSPS) is 11.2. The van der Waals surface area contributed by atoms with Crippen LogP contribution in [0, 0.1) is 0 Å². The second-order valence-electron chi connectivity index (χ2n) is 5.29. The number of likely N-dealkylation sites (N-methyl/N-ethyl adjacent to an activating group) is 1. The summed E-state index contributed by atoms with van der Waals surface area (Å²) < 4.78 is 11.0. The maximum atomic E-state index is 12.5. The monoisotopic (exact) mass is 446 g/mol. The van der Waals surface area contributed by atoms with Crippen LogP contribution in [0.2, 0.25) is 0 Å². The molecule has 0 aromatic heterocycles. The number of nitrogens with zero attached hydrogens (tertiary/aromatic N) is 2. The molecule has 0 aliphatic carbocycles. The zero-order chi connectivity index (χ0) is 17.9. The number of ether oxygens (including phenoxy) is 2. The molecule has 136 valence electrons. The Morgan fingerprint density at radius 1 is 1.04 bits per heavy atom. The van der Waals surface area contributed by atoms with Crippen LogP contribution in [0.25, 0.3) is 0 Å². The minimum absolute atomic E-state index is 0.0908. The molecule has 8 nitrogen and oxygen atoms in total. The molecule has 0 unspecified atom stereocenters. The molecule has 0 aliphatic heterocycles. The van der Waals surface area contributed by atoms with Gasteiger partial charge in [0.1, 0.15) is 0 Å². The van der Waals surface area contributed by atoms with Gasteiger partial charge in [0.15, 0.2) is 0 Å². The predicted molar refractivity (Wildman–Crippen MR) is 78.8 cm³/mol. The third kappa shape index (κ3) is 12.2. The average Bonchev–Trinajstić information content (AvgIpc) is 2.42. The molecule has 23 heavy (non-hydrogen) atoms. The molecule has 0 atom stereocenters. The van der Waals surface area contributed by atoms with Crippen molar-refractivity contribution in [3.63, 3.8) is 0 Å². The van der Waals surface area contributed by atoms with Crippen LogP contribution in [0.5, 0.6) is 0 Å². The van der Waals surface area contributed by atoms with Crippen molar-refractivity contribution >= 4 is 17.8 Å². The Balaban J connectivity index is 4.57. The first-order chi connectivity index (χ1) is 10.7. The number of hydrogen-bond donors (Lipinski definition) is 1. The number of hydrogen-bond acceptors (Lipinski definition) is 6. The van der Waals surface area contributed by atoms with E-state index >= 15 is 0 Å². The van der Waals surface area contributed by atoms with Crippen molar-refractivity contribution in [1.29, 1.82) is 0 Å². The van der Waals surface area contributed by atoms with Gasteiger partial charge in [0.25, 0.3) is 0 Å². The van der Waals surface area contributed by atoms with E-state index in [9.17, 15) is 14.4 Å². The van der Waals surface area contributed by atoms with E-state index in [0.29, 0.717) is 9.24 Å². The Bertz CT molecular complexity index is 383. The molecule has 1 amide bonds. The third-order valence-electron chi connectivity index (χ3n) is 2.69. The van der Waals surface area contributed by atoms with E-state index in [1.807, 2.05) is 14.1 Å². The van der Waals surface area contributed by atoms with Gasteiger partial charge in [-0.3, -0.25) is 0 Å². The molecule has 0 fully saturated rings. The first-order valence-electron chi connectivity index (χ1n) is 7.27. The summed E-state index contributed by atoms with van der Waals surface area (Å²) in [5.74, 6) is -0.892. The molecule has 9 heteroatoms. The SMILES string of the molecule is CC(=O)OCCN(CCOC(C)=O)C(=O)C[N+](C)(C)[I-]CCO. The van der Waals surface area contributed by atoms with Crippen molar-refractivity contribution in [2.24, 2.45) is 0 Å². The second-order valence-corrected chi connectivity index (χ2v) is 9.66. The van der Waals surface area contributed by atoms with Crippen LogP contribution >= 0.6 is 0 Å². The van der Waals surface area contributed by atoms with Gasteiger partial charge in [0.2, 0.25) is 0 Å². The minimum atomic E-state index is -0.401. The quantitative estimate of drug-likeness (QED) is 0.151. The van der Waals surface area contributed by atoms with Crippen LogP contribution in [0.15, 0.2) is 0 Å². The number of carbonyl (C=O) groups excluding carboxylic acids is 3. The molecule has 0 rings (SSSR count). The van der Waals surface area contributed by atoms with Gasteiger partial charge < -0.3 is 0 Å². The Labute approximate surface area is 147 Å². The number of halogens is 1. The summed E-state index contributed by atoms with van der Waals surface area (Å²) in [4.78, 5) is 35.7. The van der Waals surface area contributed by atoms with Crippen molar-refractivity contribution in [1.82, 2.24) is 4.90 Å². The summed E-state index contributed by atoms with van der Waals surface area (Å²) in [6.45, 7) is 3.80. The fraction of sp³-hybridized carbons (Fsp3) is 0.786. The molecule has 0 saturated heterocycles. The summed E-state index contributed by atoms with van der Waals surface area (Å²) in [6.07, 6.45) is 0. The molecular formula is C14H27IN2O6. The summed E-state index contributed by atoms with van der Waals surface area (Å²) in [7, 11) is 3.91. The molecular weight excluding hydrogens is 419 g/mol. The third-order valence-corrected chi connectivity index (χ3v) is 5.84. The molecule has 1 N–H and O–H groups in total. The summed E-state index contributed by atoms with van der Waals surface area (Å²) >= 11 is -0.360. The first-order valence-corrected chi connectivity index (χ1v) is 9.76. The number of aliphatic hydroxyl groups excluding tert-OH is 1. The number of quaternary nitrogens is 1. The molecule has 0 bridgehead atoms. The van der Waals surface area contributed by atoms with Crippen molar-refractivity contribution in [2.45, 2.75) is 13.8 Å². The van der Waals surface area contributed by atoms with Crippen molar-refractivity contribution in [2.75, 3.05) is 58.0 Å². The van der Waals surface area contributed by atoms with Gasteiger partial charge >= 0.3 is 148 Å². The first kappa shape index (κ1) is 22.1. The van der Waals surface area contributed by atoms with Crippen molar-refractivity contribution < 1.29 is 53.1 Å². The fourth-order valence-electron chi connectivity index (χ4n) is 1.69. The fourth-order valence-corrected chi connectivity index (χ4v) is 3.75. The molecule has 0 saturated carbocycles. The molecule has 0 aliphatic rings. The molecule has 0 radical (unpaired) electrons. The van der Waals surface area contributed by atoms with Crippen molar-refractivity contribution in [3.05, 3.63) is 0 Å². The van der Waals surface area contributed by atoms with Gasteiger partial charge in [0, 0.05) is 0 Å². The van der Waals surface area contributed by atoms with Crippen LogP contribution in [-0.4, -0.2) is 88.5 Å². The topological polar surface area (TPSA) is 93.1 Å². The average molecular weight is 446 g/mol. The van der Waals surface area contributed by atoms with E-state index in [0.717, 1.165) is 4.43 Å². The molecule has 0 aromatic carbocycles. The van der Waals surface area contributed by atoms with Crippen LogP contribution in [-0.2, 0) is 23.9 Å². The van der Waals surface area contributed by atoms with E-state index in [1.54, 1.807) is 0 Å². The van der Waals surface area contributed by atoms with E-state index in [4.69, 9.17) is 14.6 Å². The van der Waals surface area contributed by atoms with Gasteiger partial charge in [-0.25, -0.2) is 0 Å². The van der Waals surface area contributed by atoms with Gasteiger partial charge in [-0.1, -0.05) is 0 Å². The number of alkyl halides is 1. The van der Waals surface area contributed by atoms with E-state index < -0.39 is 11.9 Å². The summed E-state index contributed by atoms with van der Waals surface area (Å²) in [5.41, 5.74) is 0. The second kappa shape index (κ2) is 11.6. The zero-order valence-corrected chi connectivity index (χ0v) is 16.4. The Hall–Kier alpha value is -0.940. The van der Waals surface area contributed by atoms with Gasteiger partial charge in [-0.2, -0.15) is 0 Å².